The summed E-state index contributed by atoms with van der Waals surface area (Å²) in [5, 5.41) is -0.748. The predicted molar refractivity (Wildman–Crippen MR) is 250 cm³/mol. The van der Waals surface area contributed by atoms with Gasteiger partial charge in [-0.1, -0.05) is 122 Å². The molecule has 2 aromatic carbocycles. The summed E-state index contributed by atoms with van der Waals surface area (Å²) in [5.41, 5.74) is 2.14. The van der Waals surface area contributed by atoms with Crippen molar-refractivity contribution in [3.05, 3.63) is 48.0 Å². The molecule has 0 bridgehead atoms. The molecule has 18 heteroatoms. The molecule has 2 heterocycles. The minimum atomic E-state index is -3.60. The number of hydrogen-bond donors (Lipinski definition) is 2. The number of carbonyl (C=O) groups excluding carboxylic acids is 4. The van der Waals surface area contributed by atoms with E-state index in [0.29, 0.717) is 77.1 Å². The van der Waals surface area contributed by atoms with E-state index in [1.165, 1.54) is 9.13 Å². The molecule has 0 atom stereocenters. The Morgan fingerprint density at radius 1 is 0.525 bits per heavy atom. The zero-order valence-corrected chi connectivity index (χ0v) is 39.3. The second-order valence-electron chi connectivity index (χ2n) is 15.2. The molecule has 0 saturated heterocycles. The maximum absolute atomic E-state index is 13.4. The Hall–Kier alpha value is -3.74. The minimum Gasteiger partial charge on any atom is -0.283 e. The fourth-order valence-electron chi connectivity index (χ4n) is 6.82. The van der Waals surface area contributed by atoms with Gasteiger partial charge in [0.15, 0.2) is 11.6 Å². The van der Waals surface area contributed by atoms with Gasteiger partial charge in [-0.3, -0.25) is 37.8 Å². The molecule has 0 saturated carbocycles. The van der Waals surface area contributed by atoms with E-state index in [-0.39, 0.29) is 58.0 Å². The van der Waals surface area contributed by atoms with Crippen molar-refractivity contribution in [1.82, 2.24) is 19.1 Å². The first-order chi connectivity index (χ1) is 29.2. The van der Waals surface area contributed by atoms with Crippen LogP contribution in [0.1, 0.15) is 168 Å². The lowest BCUT2D eigenvalue weighted by atomic mass is 10.1. The highest BCUT2D eigenvalue weighted by atomic mass is 32.2. The number of carbonyl (C=O) groups is 4. The van der Waals surface area contributed by atoms with Crippen molar-refractivity contribution in [2.24, 2.45) is 0 Å². The van der Waals surface area contributed by atoms with Crippen molar-refractivity contribution in [1.29, 1.82) is 0 Å². The zero-order valence-electron chi connectivity index (χ0n) is 36.0. The molecule has 4 rings (SSSR count). The third-order valence-corrected chi connectivity index (χ3v) is 14.7. The van der Waals surface area contributed by atoms with Gasteiger partial charge in [0.25, 0.3) is 10.2 Å². The summed E-state index contributed by atoms with van der Waals surface area (Å²) in [7, 11) is -7.18. The molecule has 0 aliphatic carbocycles. The van der Waals surface area contributed by atoms with Crippen molar-refractivity contribution in [3.63, 3.8) is 0 Å². The van der Waals surface area contributed by atoms with Crippen LogP contribution in [0.3, 0.4) is 0 Å². The first-order valence-corrected chi connectivity index (χ1v) is 27.0. The Labute approximate surface area is 369 Å². The molecule has 0 aliphatic heterocycles. The van der Waals surface area contributed by atoms with Crippen molar-refractivity contribution in [3.8, 4) is 0 Å². The maximum atomic E-state index is 13.4. The van der Waals surface area contributed by atoms with E-state index in [4.69, 9.17) is 0 Å². The SMILES string of the molecule is CCCCCCCCS(=O)(=O)Nc1ccc2c(c1)nc(C(=O)SCCCCCSC(=O)c1nc3ccc(NS(=O)(=O)CCCCCCCC)cc3n1C(=O)CC)n2C(=O)CC. The Kier molecular flexibility index (Phi) is 20.3. The number of anilines is 2. The number of hydrogen-bond acceptors (Lipinski definition) is 12. The Bertz CT molecular complexity index is 2320. The highest BCUT2D eigenvalue weighted by Crippen LogP contribution is 2.27. The molecule has 61 heavy (non-hydrogen) atoms. The molecule has 0 fully saturated rings. The van der Waals surface area contributed by atoms with Crippen LogP contribution in [0, 0.1) is 0 Å². The van der Waals surface area contributed by atoms with Crippen LogP contribution in [0.15, 0.2) is 36.4 Å². The van der Waals surface area contributed by atoms with E-state index in [1.807, 2.05) is 0 Å². The molecule has 0 radical (unpaired) electrons. The largest absolute Gasteiger partial charge is 0.283 e. The maximum Gasteiger partial charge on any atom is 0.255 e. The van der Waals surface area contributed by atoms with E-state index in [9.17, 15) is 36.0 Å². The van der Waals surface area contributed by atoms with Crippen LogP contribution in [-0.2, 0) is 20.0 Å². The zero-order chi connectivity index (χ0) is 44.4. The van der Waals surface area contributed by atoms with Crippen molar-refractivity contribution in [2.45, 2.75) is 137 Å². The second-order valence-corrected chi connectivity index (χ2v) is 21.0. The quantitative estimate of drug-likeness (QED) is 0.0512. The van der Waals surface area contributed by atoms with E-state index in [0.717, 1.165) is 87.7 Å². The fourth-order valence-corrected chi connectivity index (χ4v) is 10.8. The average Bonchev–Trinajstić information content (AvgIpc) is 3.80. The molecule has 4 aromatic rings. The third kappa shape index (κ3) is 15.2. The van der Waals surface area contributed by atoms with Gasteiger partial charge >= 0.3 is 0 Å². The summed E-state index contributed by atoms with van der Waals surface area (Å²) in [4.78, 5) is 61.7. The third-order valence-electron chi connectivity index (χ3n) is 10.1. The van der Waals surface area contributed by atoms with Crippen LogP contribution in [0.4, 0.5) is 11.4 Å². The van der Waals surface area contributed by atoms with Crippen molar-refractivity contribution >= 4 is 99.1 Å². The molecule has 2 N–H and O–H groups in total. The summed E-state index contributed by atoms with van der Waals surface area (Å²) < 4.78 is 58.9. The first kappa shape index (κ1) is 49.9. The number of rotatable bonds is 28. The van der Waals surface area contributed by atoms with E-state index in [2.05, 4.69) is 33.3 Å². The Balaban J connectivity index is 1.29. The summed E-state index contributed by atoms with van der Waals surface area (Å²) in [6, 6.07) is 9.45. The number of imidazole rings is 2. The van der Waals surface area contributed by atoms with Crippen molar-refractivity contribution < 1.29 is 36.0 Å². The number of unbranched alkanes of at least 4 members (excludes halogenated alkanes) is 12. The number of fused-ring (bicyclic) bond motifs is 2. The molecule has 0 spiro atoms. The van der Waals surface area contributed by atoms with E-state index >= 15 is 0 Å². The van der Waals surface area contributed by atoms with Gasteiger partial charge in [-0.2, -0.15) is 0 Å². The molecule has 0 unspecified atom stereocenters. The lowest BCUT2D eigenvalue weighted by Crippen LogP contribution is -2.17. The van der Waals surface area contributed by atoms with E-state index < -0.39 is 20.0 Å². The molecule has 14 nitrogen and oxygen atoms in total. The number of nitrogens with zero attached hydrogens (tertiary/aromatic N) is 4. The Morgan fingerprint density at radius 3 is 1.46 bits per heavy atom. The summed E-state index contributed by atoms with van der Waals surface area (Å²) in [5.74, 6) is 0.253. The van der Waals surface area contributed by atoms with Gasteiger partial charge in [0, 0.05) is 24.3 Å². The number of sulfonamides is 2. The lowest BCUT2D eigenvalue weighted by molar-refractivity contribution is 0.0894. The lowest BCUT2D eigenvalue weighted by Gasteiger charge is -2.09. The highest BCUT2D eigenvalue weighted by Gasteiger charge is 2.24. The fraction of sp³-hybridized carbons (Fsp3) is 0.581. The molecule has 0 amide bonds. The molecule has 2 aromatic heterocycles. The topological polar surface area (TPSA) is 196 Å². The van der Waals surface area contributed by atoms with Crippen LogP contribution < -0.4 is 9.44 Å². The Morgan fingerprint density at radius 2 is 0.951 bits per heavy atom. The average molecular weight is 919 g/mol. The summed E-state index contributed by atoms with van der Waals surface area (Å²) >= 11 is 2.09. The minimum absolute atomic E-state index is 0.00207. The van der Waals surface area contributed by atoms with Gasteiger partial charge in [0.2, 0.25) is 31.9 Å². The smallest absolute Gasteiger partial charge is 0.255 e. The summed E-state index contributed by atoms with van der Waals surface area (Å²) in [6.45, 7) is 7.65. The first-order valence-electron chi connectivity index (χ1n) is 21.7. The second kappa shape index (κ2) is 24.8. The van der Waals surface area contributed by atoms with Gasteiger partial charge in [-0.15, -0.1) is 0 Å². The van der Waals surface area contributed by atoms with E-state index in [1.54, 1.807) is 50.2 Å². The molecule has 0 aliphatic rings. The number of thioether (sulfide) groups is 2. The number of benzene rings is 2. The van der Waals surface area contributed by atoms with Gasteiger partial charge in [0.1, 0.15) is 0 Å². The predicted octanol–water partition coefficient (Wildman–Crippen LogP) is 10.3. The van der Waals surface area contributed by atoms with Crippen LogP contribution in [0.5, 0.6) is 0 Å². The van der Waals surface area contributed by atoms with Crippen molar-refractivity contribution in [2.75, 3.05) is 32.5 Å². The molecular weight excluding hydrogens is 857 g/mol. The number of aromatic nitrogens is 4. The van der Waals surface area contributed by atoms with Crippen LogP contribution in [-0.4, -0.2) is 81.0 Å². The monoisotopic (exact) mass is 918 g/mol. The van der Waals surface area contributed by atoms with Gasteiger partial charge < -0.3 is 0 Å². The van der Waals surface area contributed by atoms with Crippen LogP contribution in [0.25, 0.3) is 22.1 Å². The molecule has 336 valence electrons. The van der Waals surface area contributed by atoms with Gasteiger partial charge in [-0.25, -0.2) is 26.8 Å². The van der Waals surface area contributed by atoms with Gasteiger partial charge in [-0.05, 0) is 62.1 Å². The van der Waals surface area contributed by atoms with Crippen LogP contribution >= 0.6 is 23.5 Å². The normalized spacial score (nSPS) is 12.0. The highest BCUT2D eigenvalue weighted by molar-refractivity contribution is 8.14. The van der Waals surface area contributed by atoms with Crippen LogP contribution in [0.2, 0.25) is 0 Å². The molecular formula is C43H62N6O8S4. The van der Waals surface area contributed by atoms with Gasteiger partial charge in [0.05, 0.1) is 44.9 Å². The standard InChI is InChI=1S/C43H62N6O8S4/c1-5-9-11-13-15-20-28-60(54,55)46-32-23-25-36-35(30-32)45-41(48(36)38(50)7-3)43(53)59-27-19-17-18-26-58-42(52)40-44-34-24-22-33(31-37(34)49(40)39(51)8-4)47-61(56,57)29-21-16-14-12-10-6-2/h22-25,30-31,46-47H,5-21,26-29H2,1-4H3. The summed E-state index contributed by atoms with van der Waals surface area (Å²) in [6.07, 6.45) is 13.8. The number of nitrogens with one attached hydrogen (secondary N) is 2.